The molecule has 0 aliphatic rings. The van der Waals surface area contributed by atoms with Crippen LogP contribution in [0.25, 0.3) is 0 Å². The van der Waals surface area contributed by atoms with E-state index in [0.717, 1.165) is 0 Å². The first-order valence-electron chi connectivity index (χ1n) is 6.91. The number of nitrogens with one attached hydrogen (secondary N) is 1. The van der Waals surface area contributed by atoms with Crippen LogP contribution in [-0.4, -0.2) is 31.2 Å². The molecule has 5 nitrogen and oxygen atoms in total. The molecular weight excluding hydrogens is 270 g/mol. The molecule has 1 aromatic carbocycles. The second kappa shape index (κ2) is 8.79. The van der Waals surface area contributed by atoms with Crippen LogP contribution in [0.4, 0.5) is 5.69 Å². The van der Waals surface area contributed by atoms with E-state index in [1.165, 1.54) is 6.08 Å². The lowest BCUT2D eigenvalue weighted by Gasteiger charge is -2.23. The van der Waals surface area contributed by atoms with Crippen molar-refractivity contribution in [3.05, 3.63) is 43.0 Å². The van der Waals surface area contributed by atoms with E-state index in [0.29, 0.717) is 5.69 Å². The van der Waals surface area contributed by atoms with Crippen molar-refractivity contribution in [2.24, 2.45) is 5.92 Å². The monoisotopic (exact) mass is 291 g/mol. The number of hydrogen-bond donors (Lipinski definition) is 1. The highest BCUT2D eigenvalue weighted by atomic mass is 16.5. The highest BCUT2D eigenvalue weighted by molar-refractivity contribution is 5.88. The number of esters is 2. The molecule has 1 aromatic rings. The molecule has 2 atom stereocenters. The Labute approximate surface area is 124 Å². The number of para-hydroxylation sites is 1. The van der Waals surface area contributed by atoms with Crippen LogP contribution in [0.15, 0.2) is 43.0 Å². The molecular formula is C16H21NO4. The maximum atomic E-state index is 12.1. The number of carbonyl (C=O) groups is 2. The highest BCUT2D eigenvalue weighted by Crippen LogP contribution is 2.17. The fraction of sp³-hybridized carbons (Fsp3) is 0.375. The molecule has 1 rings (SSSR count). The molecule has 5 heteroatoms. The molecule has 0 radical (unpaired) electrons. The summed E-state index contributed by atoms with van der Waals surface area (Å²) in [4.78, 5) is 24.1. The van der Waals surface area contributed by atoms with Gasteiger partial charge in [-0.05, 0) is 26.0 Å². The van der Waals surface area contributed by atoms with Gasteiger partial charge in [0.15, 0.2) is 0 Å². The Morgan fingerprint density at radius 1 is 1.14 bits per heavy atom. The van der Waals surface area contributed by atoms with Gasteiger partial charge >= 0.3 is 11.9 Å². The zero-order valence-corrected chi connectivity index (χ0v) is 12.4. The molecule has 0 fully saturated rings. The lowest BCUT2D eigenvalue weighted by Crippen LogP contribution is -2.42. The molecule has 0 aliphatic heterocycles. The average Bonchev–Trinajstić information content (AvgIpc) is 2.48. The van der Waals surface area contributed by atoms with E-state index < -0.39 is 23.9 Å². The van der Waals surface area contributed by atoms with Crippen molar-refractivity contribution < 1.29 is 19.1 Å². The van der Waals surface area contributed by atoms with E-state index in [4.69, 9.17) is 9.47 Å². The number of ether oxygens (including phenoxy) is 2. The number of carbonyl (C=O) groups excluding carboxylic acids is 2. The highest BCUT2D eigenvalue weighted by Gasteiger charge is 2.33. The molecule has 0 heterocycles. The van der Waals surface area contributed by atoms with Gasteiger partial charge in [-0.15, -0.1) is 6.58 Å². The van der Waals surface area contributed by atoms with E-state index in [9.17, 15) is 9.59 Å². The SMILES string of the molecule is C=C[C@@H](C(=O)OCC)[C@H](Nc1ccccc1)C(=O)OCC. The Bertz CT molecular complexity index is 472. The third-order valence-electron chi connectivity index (χ3n) is 2.81. The molecule has 114 valence electrons. The van der Waals surface area contributed by atoms with Crippen molar-refractivity contribution >= 4 is 17.6 Å². The lowest BCUT2D eigenvalue weighted by molar-refractivity contribution is -0.153. The molecule has 0 saturated heterocycles. The number of hydrogen-bond acceptors (Lipinski definition) is 5. The molecule has 0 aliphatic carbocycles. The quantitative estimate of drug-likeness (QED) is 0.588. The van der Waals surface area contributed by atoms with Gasteiger partial charge in [0.1, 0.15) is 12.0 Å². The van der Waals surface area contributed by atoms with Gasteiger partial charge in [-0.3, -0.25) is 4.79 Å². The largest absolute Gasteiger partial charge is 0.465 e. The summed E-state index contributed by atoms with van der Waals surface area (Å²) in [7, 11) is 0. The molecule has 0 aromatic heterocycles. The first-order valence-corrected chi connectivity index (χ1v) is 6.91. The van der Waals surface area contributed by atoms with E-state index in [2.05, 4.69) is 11.9 Å². The maximum absolute atomic E-state index is 12.1. The van der Waals surface area contributed by atoms with E-state index >= 15 is 0 Å². The fourth-order valence-electron chi connectivity index (χ4n) is 1.85. The zero-order valence-electron chi connectivity index (χ0n) is 12.4. The zero-order chi connectivity index (χ0) is 15.7. The summed E-state index contributed by atoms with van der Waals surface area (Å²) >= 11 is 0. The van der Waals surface area contributed by atoms with Crippen LogP contribution < -0.4 is 5.32 Å². The molecule has 0 spiro atoms. The summed E-state index contributed by atoms with van der Waals surface area (Å²) < 4.78 is 10.0. The Morgan fingerprint density at radius 3 is 2.24 bits per heavy atom. The number of benzene rings is 1. The minimum absolute atomic E-state index is 0.235. The predicted molar refractivity (Wildman–Crippen MR) is 80.8 cm³/mol. The minimum atomic E-state index is -0.871. The standard InChI is InChI=1S/C16H21NO4/c1-4-13(15(18)20-5-2)14(16(19)21-6-3)17-12-10-8-7-9-11-12/h4,7-11,13-14,17H,1,5-6H2,2-3H3/t13-,14+/m1/s1. The second-order valence-corrected chi connectivity index (χ2v) is 4.25. The first kappa shape index (κ1) is 16.8. The summed E-state index contributed by atoms with van der Waals surface area (Å²) in [6.07, 6.45) is 1.40. The Kier molecular flexibility index (Phi) is 7.01. The molecule has 0 bridgehead atoms. The third-order valence-corrected chi connectivity index (χ3v) is 2.81. The minimum Gasteiger partial charge on any atom is -0.465 e. The number of anilines is 1. The topological polar surface area (TPSA) is 64.6 Å². The average molecular weight is 291 g/mol. The van der Waals surface area contributed by atoms with Crippen molar-refractivity contribution in [1.29, 1.82) is 0 Å². The molecule has 21 heavy (non-hydrogen) atoms. The number of rotatable bonds is 8. The smallest absolute Gasteiger partial charge is 0.329 e. The van der Waals surface area contributed by atoms with Gasteiger partial charge in [0.2, 0.25) is 0 Å². The third kappa shape index (κ3) is 4.95. The molecule has 0 unspecified atom stereocenters. The Hall–Kier alpha value is -2.30. The van der Waals surface area contributed by atoms with Crippen LogP contribution in [0.5, 0.6) is 0 Å². The molecule has 0 amide bonds. The van der Waals surface area contributed by atoms with Crippen LogP contribution >= 0.6 is 0 Å². The van der Waals surface area contributed by atoms with Gasteiger partial charge < -0.3 is 14.8 Å². The molecule has 0 saturated carbocycles. The summed E-state index contributed by atoms with van der Waals surface area (Å²) in [6, 6.07) is 8.26. The fourth-order valence-corrected chi connectivity index (χ4v) is 1.85. The van der Waals surface area contributed by atoms with Crippen LogP contribution in [-0.2, 0) is 19.1 Å². The lowest BCUT2D eigenvalue weighted by atomic mass is 9.99. The van der Waals surface area contributed by atoms with Gasteiger partial charge in [0.25, 0.3) is 0 Å². The van der Waals surface area contributed by atoms with Crippen LogP contribution in [0.1, 0.15) is 13.8 Å². The predicted octanol–water partition coefficient (Wildman–Crippen LogP) is 2.40. The van der Waals surface area contributed by atoms with Crippen molar-refractivity contribution in [3.63, 3.8) is 0 Å². The van der Waals surface area contributed by atoms with Gasteiger partial charge in [0, 0.05) is 5.69 Å². The van der Waals surface area contributed by atoms with Crippen LogP contribution in [0.2, 0.25) is 0 Å². The van der Waals surface area contributed by atoms with Crippen LogP contribution in [0, 0.1) is 5.92 Å². The summed E-state index contributed by atoms with van der Waals surface area (Å²) in [5.41, 5.74) is 0.715. The maximum Gasteiger partial charge on any atom is 0.329 e. The van der Waals surface area contributed by atoms with Gasteiger partial charge in [-0.2, -0.15) is 0 Å². The first-order chi connectivity index (χ1) is 10.1. The summed E-state index contributed by atoms with van der Waals surface area (Å²) in [6.45, 7) is 7.52. The Morgan fingerprint density at radius 2 is 1.71 bits per heavy atom. The molecule has 1 N–H and O–H groups in total. The van der Waals surface area contributed by atoms with Gasteiger partial charge in [-0.1, -0.05) is 24.3 Å². The van der Waals surface area contributed by atoms with Crippen molar-refractivity contribution in [1.82, 2.24) is 0 Å². The normalized spacial score (nSPS) is 12.9. The van der Waals surface area contributed by atoms with E-state index in [1.54, 1.807) is 26.0 Å². The van der Waals surface area contributed by atoms with Gasteiger partial charge in [0.05, 0.1) is 13.2 Å². The van der Waals surface area contributed by atoms with Crippen molar-refractivity contribution in [3.8, 4) is 0 Å². The summed E-state index contributed by atoms with van der Waals surface area (Å²) in [5.74, 6) is -1.84. The Balaban J connectivity index is 2.97. The van der Waals surface area contributed by atoms with Crippen LogP contribution in [0.3, 0.4) is 0 Å². The van der Waals surface area contributed by atoms with Crippen molar-refractivity contribution in [2.45, 2.75) is 19.9 Å². The summed E-state index contributed by atoms with van der Waals surface area (Å²) in [5, 5.41) is 3.01. The van der Waals surface area contributed by atoms with E-state index in [1.807, 2.05) is 18.2 Å². The van der Waals surface area contributed by atoms with Gasteiger partial charge in [-0.25, -0.2) is 4.79 Å². The second-order valence-electron chi connectivity index (χ2n) is 4.25. The van der Waals surface area contributed by atoms with Crippen molar-refractivity contribution in [2.75, 3.05) is 18.5 Å². The van der Waals surface area contributed by atoms with E-state index in [-0.39, 0.29) is 13.2 Å².